The highest BCUT2D eigenvalue weighted by molar-refractivity contribution is 6.03. The molecule has 24 heteroatoms. The van der Waals surface area contributed by atoms with Crippen molar-refractivity contribution in [2.45, 2.75) is 48.8 Å². The number of alkyl halides is 15. The van der Waals surface area contributed by atoms with Crippen LogP contribution in [0.3, 0.4) is 0 Å². The molecule has 1 aliphatic heterocycles. The monoisotopic (exact) mass is 726 g/mol. The van der Waals surface area contributed by atoms with Crippen LogP contribution in [-0.2, 0) is 14.4 Å². The minimum atomic E-state index is -6.67. The van der Waals surface area contributed by atoms with Crippen molar-refractivity contribution in [1.29, 1.82) is 0 Å². The van der Waals surface area contributed by atoms with Gasteiger partial charge < -0.3 is 24.1 Å². The quantitative estimate of drug-likeness (QED) is 0.196. The number of phenolic OH excluding ortho intramolecular Hbond substituents is 1. The molecule has 2 aromatic carbocycles. The molecule has 0 saturated carbocycles. The number of ether oxygens (including phenoxy) is 4. The third-order valence-corrected chi connectivity index (χ3v) is 5.77. The Balaban J connectivity index is 2.05. The first-order valence-corrected chi connectivity index (χ1v) is 11.7. The Morgan fingerprint density at radius 2 is 1.08 bits per heavy atom. The molecule has 1 atom stereocenters. The Morgan fingerprint density at radius 1 is 0.646 bits per heavy atom. The Hall–Kier alpha value is -4.93. The maximum absolute atomic E-state index is 13.5. The van der Waals surface area contributed by atoms with Crippen molar-refractivity contribution in [3.05, 3.63) is 41.5 Å². The van der Waals surface area contributed by atoms with E-state index in [1.54, 1.807) is 0 Å². The standard InChI is InChI=1S/C24H9F15O9/c25-19(26,22(31,32)33)16(42)45-8-4-9(40)15-10(41)6-12(46-14(15)5-8)7-1-2-11(47-17(43)20(27,28)23(34,35)36)13(3-7)48-18(44)21(29,30)24(37,38)39/h1-5,12,40H,6H2. The molecule has 1 unspecified atom stereocenters. The fraction of sp³-hybridized carbons (Fsp3) is 0.333. The van der Waals surface area contributed by atoms with Crippen LogP contribution in [0.1, 0.15) is 28.4 Å². The first-order valence-electron chi connectivity index (χ1n) is 11.7. The number of halogens is 15. The van der Waals surface area contributed by atoms with E-state index in [0.29, 0.717) is 12.1 Å². The van der Waals surface area contributed by atoms with E-state index in [1.165, 1.54) is 0 Å². The minimum absolute atomic E-state index is 0.0786. The van der Waals surface area contributed by atoms with Crippen molar-refractivity contribution in [2.24, 2.45) is 0 Å². The number of phenols is 1. The largest absolute Gasteiger partial charge is 0.507 e. The minimum Gasteiger partial charge on any atom is -0.507 e. The van der Waals surface area contributed by atoms with Crippen molar-refractivity contribution < 1.29 is 109 Å². The fourth-order valence-electron chi connectivity index (χ4n) is 3.39. The Bertz CT molecular complexity index is 1640. The van der Waals surface area contributed by atoms with E-state index in [-0.39, 0.29) is 18.2 Å². The van der Waals surface area contributed by atoms with Crippen LogP contribution in [0.2, 0.25) is 0 Å². The summed E-state index contributed by atoms with van der Waals surface area (Å²) in [5, 5.41) is 10.1. The molecule has 0 amide bonds. The number of benzene rings is 2. The van der Waals surface area contributed by atoms with Crippen LogP contribution in [0.25, 0.3) is 0 Å². The topological polar surface area (TPSA) is 125 Å². The molecule has 0 aromatic heterocycles. The van der Waals surface area contributed by atoms with Gasteiger partial charge in [0.1, 0.15) is 28.9 Å². The van der Waals surface area contributed by atoms with Gasteiger partial charge in [0, 0.05) is 12.1 Å². The lowest BCUT2D eigenvalue weighted by Crippen LogP contribution is -2.47. The SMILES string of the molecule is O=C1CC(c2ccc(OC(=O)C(F)(F)C(F)(F)F)c(OC(=O)C(F)(F)C(F)(F)F)c2)Oc2cc(OC(=O)C(F)(F)C(F)(F)F)cc(O)c21. The van der Waals surface area contributed by atoms with Gasteiger partial charge in [-0.25, -0.2) is 14.4 Å². The second-order valence-corrected chi connectivity index (χ2v) is 9.14. The van der Waals surface area contributed by atoms with Gasteiger partial charge in [-0.1, -0.05) is 6.07 Å². The first kappa shape index (κ1) is 37.5. The zero-order valence-corrected chi connectivity index (χ0v) is 22.1. The third-order valence-electron chi connectivity index (χ3n) is 5.77. The number of hydrogen-bond acceptors (Lipinski definition) is 9. The number of Topliss-reactive ketones (excluding diaryl/α,β-unsaturated/α-hetero) is 1. The number of carbonyl (C=O) groups excluding carboxylic acids is 4. The molecule has 1 aliphatic rings. The highest BCUT2D eigenvalue weighted by atomic mass is 19.4. The van der Waals surface area contributed by atoms with Gasteiger partial charge in [-0.05, 0) is 17.7 Å². The van der Waals surface area contributed by atoms with Crippen molar-refractivity contribution >= 4 is 23.7 Å². The number of rotatable bonds is 7. The highest BCUT2D eigenvalue weighted by Gasteiger charge is 2.67. The maximum atomic E-state index is 13.5. The van der Waals surface area contributed by atoms with Gasteiger partial charge in [0.25, 0.3) is 0 Å². The van der Waals surface area contributed by atoms with Gasteiger partial charge in [-0.15, -0.1) is 0 Å². The molecule has 0 radical (unpaired) electrons. The molecule has 9 nitrogen and oxygen atoms in total. The van der Waals surface area contributed by atoms with Crippen LogP contribution >= 0.6 is 0 Å². The number of esters is 3. The van der Waals surface area contributed by atoms with E-state index in [2.05, 4.69) is 14.2 Å². The molecule has 1 heterocycles. The lowest BCUT2D eigenvalue weighted by Gasteiger charge is -2.27. The zero-order chi connectivity index (χ0) is 37.0. The van der Waals surface area contributed by atoms with E-state index in [1.807, 2.05) is 0 Å². The first-order chi connectivity index (χ1) is 21.5. The number of ketones is 1. The summed E-state index contributed by atoms with van der Waals surface area (Å²) in [6.45, 7) is 0. The van der Waals surface area contributed by atoms with Crippen LogP contribution in [0.4, 0.5) is 65.9 Å². The third kappa shape index (κ3) is 7.00. The molecule has 1 N–H and O–H groups in total. The van der Waals surface area contributed by atoms with Gasteiger partial charge >= 0.3 is 54.2 Å². The van der Waals surface area contributed by atoms with Gasteiger partial charge in [-0.2, -0.15) is 65.9 Å². The zero-order valence-electron chi connectivity index (χ0n) is 22.1. The number of hydrogen-bond donors (Lipinski definition) is 1. The van der Waals surface area contributed by atoms with E-state index in [4.69, 9.17) is 4.74 Å². The molecule has 0 aliphatic carbocycles. The van der Waals surface area contributed by atoms with Gasteiger partial charge in [0.05, 0.1) is 6.42 Å². The number of aromatic hydroxyl groups is 1. The number of carbonyl (C=O) groups is 4. The van der Waals surface area contributed by atoms with Crippen LogP contribution in [0.5, 0.6) is 28.7 Å². The van der Waals surface area contributed by atoms with E-state index in [0.717, 1.165) is 0 Å². The lowest BCUT2D eigenvalue weighted by molar-refractivity contribution is -0.277. The van der Waals surface area contributed by atoms with E-state index >= 15 is 0 Å². The normalized spacial score (nSPS) is 16.1. The Labute approximate surface area is 252 Å². The van der Waals surface area contributed by atoms with Crippen LogP contribution in [0.15, 0.2) is 30.3 Å². The van der Waals surface area contributed by atoms with Crippen molar-refractivity contribution in [3.8, 4) is 28.7 Å². The summed E-state index contributed by atoms with van der Waals surface area (Å²) < 4.78 is 210. The molecule has 2 aromatic rings. The molecule has 0 bridgehead atoms. The second-order valence-electron chi connectivity index (χ2n) is 9.14. The summed E-state index contributed by atoms with van der Waals surface area (Å²) in [4.78, 5) is 47.2. The summed E-state index contributed by atoms with van der Waals surface area (Å²) in [5.74, 6) is -37.4. The molecule has 48 heavy (non-hydrogen) atoms. The van der Waals surface area contributed by atoms with E-state index < -0.39 is 112 Å². The average molecular weight is 726 g/mol. The highest BCUT2D eigenvalue weighted by Crippen LogP contribution is 2.46. The second kappa shape index (κ2) is 11.9. The Morgan fingerprint density at radius 3 is 1.54 bits per heavy atom. The average Bonchev–Trinajstić information content (AvgIpc) is 2.91. The van der Waals surface area contributed by atoms with Gasteiger partial charge in [-0.3, -0.25) is 4.79 Å². The summed E-state index contributed by atoms with van der Waals surface area (Å²) in [5.41, 5.74) is -1.58. The van der Waals surface area contributed by atoms with Crippen molar-refractivity contribution in [2.75, 3.05) is 0 Å². The van der Waals surface area contributed by atoms with Crippen LogP contribution in [0, 0.1) is 0 Å². The summed E-state index contributed by atoms with van der Waals surface area (Å²) in [6.07, 6.45) is -22.7. The molecular weight excluding hydrogens is 717 g/mol. The lowest BCUT2D eigenvalue weighted by atomic mass is 9.95. The predicted octanol–water partition coefficient (Wildman–Crippen LogP) is 6.41. The summed E-state index contributed by atoms with van der Waals surface area (Å²) in [6, 6.07) is 1.18. The molecule has 0 spiro atoms. The van der Waals surface area contributed by atoms with Crippen LogP contribution in [-0.4, -0.2) is 65.1 Å². The fourth-order valence-corrected chi connectivity index (χ4v) is 3.39. The van der Waals surface area contributed by atoms with Gasteiger partial charge in [0.2, 0.25) is 0 Å². The molecule has 0 fully saturated rings. The van der Waals surface area contributed by atoms with Gasteiger partial charge in [0.15, 0.2) is 17.3 Å². The molecular formula is C24H9F15O9. The Kier molecular flexibility index (Phi) is 9.34. The smallest absolute Gasteiger partial charge is 0.465 e. The maximum Gasteiger partial charge on any atom is 0.465 e. The van der Waals surface area contributed by atoms with Crippen molar-refractivity contribution in [1.82, 2.24) is 0 Å². The molecule has 3 rings (SSSR count). The van der Waals surface area contributed by atoms with Crippen molar-refractivity contribution in [3.63, 3.8) is 0 Å². The summed E-state index contributed by atoms with van der Waals surface area (Å²) in [7, 11) is 0. The van der Waals surface area contributed by atoms with E-state index in [9.17, 15) is 90.1 Å². The van der Waals surface area contributed by atoms with Crippen LogP contribution < -0.4 is 18.9 Å². The number of fused-ring (bicyclic) bond motifs is 1. The predicted molar refractivity (Wildman–Crippen MR) is 117 cm³/mol. The summed E-state index contributed by atoms with van der Waals surface area (Å²) >= 11 is 0. The molecule has 0 saturated heterocycles. The molecule has 264 valence electrons.